The lowest BCUT2D eigenvalue weighted by Crippen LogP contribution is -2.25. The Morgan fingerprint density at radius 2 is 2.06 bits per heavy atom. The van der Waals surface area contributed by atoms with Crippen LogP contribution in [0.2, 0.25) is 5.02 Å². The molecule has 0 unspecified atom stereocenters. The van der Waals surface area contributed by atoms with Crippen molar-refractivity contribution < 1.29 is 17.9 Å². The molecule has 2 N–H and O–H groups in total. The van der Waals surface area contributed by atoms with Crippen molar-refractivity contribution in [3.63, 3.8) is 0 Å². The SMILES string of the molecule is CCOc1ccc(S(=O)(=O)NCCCn2ccnc2)cc1NC(=O)c1cccc(Cl)c1. The minimum absolute atomic E-state index is 0.0278. The third-order valence-corrected chi connectivity index (χ3v) is 6.03. The van der Waals surface area contributed by atoms with Crippen LogP contribution in [0.15, 0.2) is 66.1 Å². The van der Waals surface area contributed by atoms with Gasteiger partial charge in [-0.2, -0.15) is 0 Å². The van der Waals surface area contributed by atoms with Gasteiger partial charge < -0.3 is 14.6 Å². The van der Waals surface area contributed by atoms with Crippen molar-refractivity contribution in [3.05, 3.63) is 71.8 Å². The zero-order chi connectivity index (χ0) is 22.3. The maximum absolute atomic E-state index is 12.7. The number of hydrogen-bond donors (Lipinski definition) is 2. The van der Waals surface area contributed by atoms with Gasteiger partial charge in [0.15, 0.2) is 0 Å². The van der Waals surface area contributed by atoms with Gasteiger partial charge in [-0.25, -0.2) is 18.1 Å². The predicted molar refractivity (Wildman–Crippen MR) is 119 cm³/mol. The summed E-state index contributed by atoms with van der Waals surface area (Å²) in [6.07, 6.45) is 5.76. The second-order valence-electron chi connectivity index (χ2n) is 6.61. The van der Waals surface area contributed by atoms with Gasteiger partial charge in [0.05, 0.1) is 23.5 Å². The Balaban J connectivity index is 1.74. The van der Waals surface area contributed by atoms with E-state index in [1.165, 1.54) is 24.3 Å². The molecule has 3 aromatic rings. The number of anilines is 1. The van der Waals surface area contributed by atoms with Crippen LogP contribution in [0, 0.1) is 0 Å². The number of halogens is 1. The molecule has 0 aliphatic heterocycles. The van der Waals surface area contributed by atoms with Gasteiger partial charge in [-0.05, 0) is 49.7 Å². The van der Waals surface area contributed by atoms with Gasteiger partial charge in [0.1, 0.15) is 5.75 Å². The molecule has 0 atom stereocenters. The summed E-state index contributed by atoms with van der Waals surface area (Å²) in [5.74, 6) is -0.0526. The highest BCUT2D eigenvalue weighted by Gasteiger charge is 2.18. The maximum atomic E-state index is 12.7. The van der Waals surface area contributed by atoms with Crippen LogP contribution in [0.4, 0.5) is 5.69 Å². The van der Waals surface area contributed by atoms with Gasteiger partial charge in [-0.1, -0.05) is 17.7 Å². The third kappa shape index (κ3) is 6.30. The summed E-state index contributed by atoms with van der Waals surface area (Å²) in [5, 5.41) is 3.14. The van der Waals surface area contributed by atoms with Gasteiger partial charge >= 0.3 is 0 Å². The molecule has 0 saturated carbocycles. The first kappa shape index (κ1) is 22.8. The number of sulfonamides is 1. The predicted octanol–water partition coefficient (Wildman–Crippen LogP) is 3.56. The number of benzene rings is 2. The van der Waals surface area contributed by atoms with Crippen LogP contribution in [-0.4, -0.2) is 37.0 Å². The number of ether oxygens (including phenoxy) is 1. The summed E-state index contributed by atoms with van der Waals surface area (Å²) in [4.78, 5) is 16.6. The quantitative estimate of drug-likeness (QED) is 0.448. The topological polar surface area (TPSA) is 102 Å². The first-order valence-electron chi connectivity index (χ1n) is 9.68. The fourth-order valence-corrected chi connectivity index (χ4v) is 4.14. The fraction of sp³-hybridized carbons (Fsp3) is 0.238. The molecule has 0 spiro atoms. The third-order valence-electron chi connectivity index (χ3n) is 4.34. The zero-order valence-electron chi connectivity index (χ0n) is 16.9. The minimum atomic E-state index is -3.77. The number of nitrogens with one attached hydrogen (secondary N) is 2. The molecule has 0 saturated heterocycles. The van der Waals surface area contributed by atoms with Crippen LogP contribution in [0.5, 0.6) is 5.75 Å². The minimum Gasteiger partial charge on any atom is -0.492 e. The van der Waals surface area contributed by atoms with E-state index in [4.69, 9.17) is 16.3 Å². The Labute approximate surface area is 186 Å². The largest absolute Gasteiger partial charge is 0.492 e. The van der Waals surface area contributed by atoms with E-state index in [0.717, 1.165) is 0 Å². The molecule has 0 radical (unpaired) electrons. The monoisotopic (exact) mass is 462 g/mol. The number of imidazole rings is 1. The van der Waals surface area contributed by atoms with Crippen LogP contribution >= 0.6 is 11.6 Å². The van der Waals surface area contributed by atoms with Crippen molar-refractivity contribution in [2.75, 3.05) is 18.5 Å². The summed E-state index contributed by atoms with van der Waals surface area (Å²) >= 11 is 5.95. The molecular formula is C21H23ClN4O4S. The second-order valence-corrected chi connectivity index (χ2v) is 8.81. The average molecular weight is 463 g/mol. The molecule has 164 valence electrons. The smallest absolute Gasteiger partial charge is 0.255 e. The second kappa shape index (κ2) is 10.4. The summed E-state index contributed by atoms with van der Waals surface area (Å²) in [6.45, 7) is 3.07. The van der Waals surface area contributed by atoms with Gasteiger partial charge in [-0.3, -0.25) is 4.79 Å². The van der Waals surface area contributed by atoms with Crippen molar-refractivity contribution in [2.24, 2.45) is 0 Å². The molecule has 0 bridgehead atoms. The first-order chi connectivity index (χ1) is 14.9. The van der Waals surface area contributed by atoms with Crippen LogP contribution in [0.25, 0.3) is 0 Å². The number of nitrogens with zero attached hydrogens (tertiary/aromatic N) is 2. The van der Waals surface area contributed by atoms with Crippen molar-refractivity contribution >= 4 is 33.2 Å². The van der Waals surface area contributed by atoms with Gasteiger partial charge in [0.25, 0.3) is 5.91 Å². The summed E-state index contributed by atoms with van der Waals surface area (Å²) in [6, 6.07) is 10.8. The van der Waals surface area contributed by atoms with Crippen LogP contribution < -0.4 is 14.8 Å². The van der Waals surface area contributed by atoms with Crippen molar-refractivity contribution in [1.82, 2.24) is 14.3 Å². The van der Waals surface area contributed by atoms with Crippen molar-refractivity contribution in [3.8, 4) is 5.75 Å². The highest BCUT2D eigenvalue weighted by molar-refractivity contribution is 7.89. The molecule has 2 aromatic carbocycles. The number of amides is 1. The van der Waals surface area contributed by atoms with Crippen molar-refractivity contribution in [1.29, 1.82) is 0 Å². The Morgan fingerprint density at radius 3 is 2.77 bits per heavy atom. The molecule has 10 heteroatoms. The average Bonchev–Trinajstić information content (AvgIpc) is 3.26. The van der Waals surface area contributed by atoms with Crippen LogP contribution in [0.3, 0.4) is 0 Å². The van der Waals surface area contributed by atoms with E-state index < -0.39 is 15.9 Å². The lowest BCUT2D eigenvalue weighted by atomic mass is 10.2. The molecule has 1 amide bonds. The molecule has 1 heterocycles. The van der Waals surface area contributed by atoms with E-state index in [0.29, 0.717) is 35.9 Å². The maximum Gasteiger partial charge on any atom is 0.255 e. The highest BCUT2D eigenvalue weighted by Crippen LogP contribution is 2.28. The number of carbonyl (C=O) groups is 1. The molecular weight excluding hydrogens is 440 g/mol. The molecule has 8 nitrogen and oxygen atoms in total. The normalized spacial score (nSPS) is 11.3. The number of carbonyl (C=O) groups excluding carboxylic acids is 1. The molecule has 0 aliphatic rings. The lowest BCUT2D eigenvalue weighted by molar-refractivity contribution is 0.102. The molecule has 1 aromatic heterocycles. The number of rotatable bonds is 10. The molecule has 3 rings (SSSR count). The summed E-state index contributed by atoms with van der Waals surface area (Å²) in [5.41, 5.74) is 0.606. The van der Waals surface area contributed by atoms with Gasteiger partial charge in [-0.15, -0.1) is 0 Å². The Hall–Kier alpha value is -2.88. The van der Waals surface area contributed by atoms with E-state index in [2.05, 4.69) is 15.0 Å². The molecule has 0 aliphatic carbocycles. The van der Waals surface area contributed by atoms with E-state index in [1.54, 1.807) is 37.6 Å². The Kier molecular flexibility index (Phi) is 7.67. The van der Waals surface area contributed by atoms with E-state index >= 15 is 0 Å². The Morgan fingerprint density at radius 1 is 1.23 bits per heavy atom. The van der Waals surface area contributed by atoms with E-state index in [1.807, 2.05) is 10.8 Å². The van der Waals surface area contributed by atoms with Gasteiger partial charge in [0, 0.05) is 36.1 Å². The lowest BCUT2D eigenvalue weighted by Gasteiger charge is -2.14. The summed E-state index contributed by atoms with van der Waals surface area (Å²) in [7, 11) is -3.77. The first-order valence-corrected chi connectivity index (χ1v) is 11.5. The summed E-state index contributed by atoms with van der Waals surface area (Å²) < 4.78 is 35.4. The zero-order valence-corrected chi connectivity index (χ0v) is 18.5. The van der Waals surface area contributed by atoms with Crippen LogP contribution in [0.1, 0.15) is 23.7 Å². The number of aryl methyl sites for hydroxylation is 1. The van der Waals surface area contributed by atoms with E-state index in [-0.39, 0.29) is 17.1 Å². The molecule has 0 fully saturated rings. The van der Waals surface area contributed by atoms with Crippen molar-refractivity contribution in [2.45, 2.75) is 24.8 Å². The molecule has 31 heavy (non-hydrogen) atoms. The van der Waals surface area contributed by atoms with Crippen LogP contribution in [-0.2, 0) is 16.6 Å². The number of hydrogen-bond acceptors (Lipinski definition) is 5. The number of aromatic nitrogens is 2. The Bertz CT molecular complexity index is 1130. The van der Waals surface area contributed by atoms with Gasteiger partial charge in [0.2, 0.25) is 10.0 Å². The standard InChI is InChI=1S/C21H23ClN4O4S/c1-2-30-20-8-7-18(31(28,29)24-9-4-11-26-12-10-23-15-26)14-19(20)25-21(27)16-5-3-6-17(22)13-16/h3,5-8,10,12-15,24H,2,4,9,11H2,1H3,(H,25,27). The fourth-order valence-electron chi connectivity index (χ4n) is 2.85. The highest BCUT2D eigenvalue weighted by atomic mass is 35.5. The van der Waals surface area contributed by atoms with E-state index in [9.17, 15) is 13.2 Å².